The predicted octanol–water partition coefficient (Wildman–Crippen LogP) is 3.10. The van der Waals surface area contributed by atoms with Crippen LogP contribution in [-0.2, 0) is 4.79 Å². The van der Waals surface area contributed by atoms with Crippen LogP contribution < -0.4 is 10.6 Å². The molecule has 1 heterocycles. The molecule has 1 aliphatic heterocycles. The normalized spacial score (nSPS) is 17.1. The van der Waals surface area contributed by atoms with Crippen LogP contribution in [0.1, 0.15) is 12.5 Å². The molecule has 1 aromatic carbocycles. The summed E-state index contributed by atoms with van der Waals surface area (Å²) in [5.74, 6) is 0.371. The van der Waals surface area contributed by atoms with Crippen LogP contribution in [0.2, 0.25) is 10.0 Å². The third kappa shape index (κ3) is 2.79. The SMILES string of the molecule is Cc1cc(Cl)c(NC(=O)C(C)C2CNC2)cc1Cl. The van der Waals surface area contributed by atoms with E-state index in [0.717, 1.165) is 18.7 Å². The molecule has 2 N–H and O–H groups in total. The molecule has 1 saturated heterocycles. The van der Waals surface area contributed by atoms with E-state index < -0.39 is 0 Å². The van der Waals surface area contributed by atoms with Crippen LogP contribution in [0, 0.1) is 18.8 Å². The molecule has 1 aliphatic rings. The number of nitrogens with one attached hydrogen (secondary N) is 2. The fourth-order valence-electron chi connectivity index (χ4n) is 1.87. The highest BCUT2D eigenvalue weighted by Crippen LogP contribution is 2.29. The highest BCUT2D eigenvalue weighted by Gasteiger charge is 2.28. The molecule has 1 amide bonds. The van der Waals surface area contributed by atoms with Gasteiger partial charge >= 0.3 is 0 Å². The van der Waals surface area contributed by atoms with Gasteiger partial charge in [-0.3, -0.25) is 4.79 Å². The van der Waals surface area contributed by atoms with Gasteiger partial charge in [-0.25, -0.2) is 0 Å². The maximum atomic E-state index is 12.1. The summed E-state index contributed by atoms with van der Waals surface area (Å²) in [5, 5.41) is 7.13. The van der Waals surface area contributed by atoms with Gasteiger partial charge in [-0.15, -0.1) is 0 Å². The van der Waals surface area contributed by atoms with Crippen LogP contribution in [0.4, 0.5) is 5.69 Å². The Morgan fingerprint density at radius 2 is 2.06 bits per heavy atom. The lowest BCUT2D eigenvalue weighted by Crippen LogP contribution is -2.48. The summed E-state index contributed by atoms with van der Waals surface area (Å²) in [7, 11) is 0. The quantitative estimate of drug-likeness (QED) is 0.897. The van der Waals surface area contributed by atoms with E-state index in [9.17, 15) is 4.79 Å². The number of amides is 1. The van der Waals surface area contributed by atoms with E-state index in [0.29, 0.717) is 21.7 Å². The van der Waals surface area contributed by atoms with Crippen molar-refractivity contribution in [2.75, 3.05) is 18.4 Å². The van der Waals surface area contributed by atoms with Crippen molar-refractivity contribution in [1.82, 2.24) is 5.32 Å². The number of halogens is 2. The first-order chi connectivity index (χ1) is 8.49. The zero-order valence-corrected chi connectivity index (χ0v) is 11.9. The Morgan fingerprint density at radius 3 is 2.61 bits per heavy atom. The first-order valence-corrected chi connectivity index (χ1v) is 6.72. The average Bonchev–Trinajstić information content (AvgIpc) is 2.23. The molecule has 2 rings (SSSR count). The second-order valence-corrected chi connectivity index (χ2v) is 5.59. The van der Waals surface area contributed by atoms with Crippen LogP contribution >= 0.6 is 23.2 Å². The average molecular weight is 287 g/mol. The molecule has 3 nitrogen and oxygen atoms in total. The molecule has 1 unspecified atom stereocenters. The van der Waals surface area contributed by atoms with Gasteiger partial charge in [-0.05, 0) is 43.6 Å². The lowest BCUT2D eigenvalue weighted by atomic mass is 9.88. The molecule has 5 heteroatoms. The monoisotopic (exact) mass is 286 g/mol. The minimum atomic E-state index is -0.0256. The number of hydrogen-bond acceptors (Lipinski definition) is 2. The molecule has 0 aliphatic carbocycles. The van der Waals surface area contributed by atoms with E-state index in [-0.39, 0.29) is 11.8 Å². The number of aryl methyl sites for hydroxylation is 1. The van der Waals surface area contributed by atoms with Crippen LogP contribution in [0.3, 0.4) is 0 Å². The number of hydrogen-bond donors (Lipinski definition) is 2. The first kappa shape index (κ1) is 13.7. The van der Waals surface area contributed by atoms with Gasteiger partial charge in [0.05, 0.1) is 10.7 Å². The largest absolute Gasteiger partial charge is 0.324 e. The summed E-state index contributed by atoms with van der Waals surface area (Å²) < 4.78 is 0. The third-order valence-electron chi connectivity index (χ3n) is 3.44. The molecule has 98 valence electrons. The van der Waals surface area contributed by atoms with Crippen LogP contribution in [0.5, 0.6) is 0 Å². The van der Waals surface area contributed by atoms with Crippen molar-refractivity contribution < 1.29 is 4.79 Å². The molecule has 18 heavy (non-hydrogen) atoms. The van der Waals surface area contributed by atoms with Crippen LogP contribution in [0.15, 0.2) is 12.1 Å². The van der Waals surface area contributed by atoms with E-state index in [2.05, 4.69) is 10.6 Å². The molecule has 1 fully saturated rings. The van der Waals surface area contributed by atoms with Crippen molar-refractivity contribution in [3.8, 4) is 0 Å². The van der Waals surface area contributed by atoms with E-state index in [1.807, 2.05) is 13.8 Å². The van der Waals surface area contributed by atoms with Gasteiger partial charge in [0.1, 0.15) is 0 Å². The summed E-state index contributed by atoms with van der Waals surface area (Å²) >= 11 is 12.1. The summed E-state index contributed by atoms with van der Waals surface area (Å²) in [6, 6.07) is 3.46. The molecular formula is C13H16Cl2N2O. The second-order valence-electron chi connectivity index (χ2n) is 4.78. The van der Waals surface area contributed by atoms with E-state index >= 15 is 0 Å². The summed E-state index contributed by atoms with van der Waals surface area (Å²) in [6.45, 7) is 5.61. The molecule has 0 radical (unpaired) electrons. The Hall–Kier alpha value is -0.770. The van der Waals surface area contributed by atoms with Crippen molar-refractivity contribution in [3.05, 3.63) is 27.7 Å². The molecule has 0 spiro atoms. The Bertz CT molecular complexity index is 472. The van der Waals surface area contributed by atoms with Gasteiger partial charge in [0.2, 0.25) is 5.91 Å². The number of carbonyl (C=O) groups excluding carboxylic acids is 1. The van der Waals surface area contributed by atoms with Crippen LogP contribution in [-0.4, -0.2) is 19.0 Å². The molecule has 0 saturated carbocycles. The minimum Gasteiger partial charge on any atom is -0.324 e. The van der Waals surface area contributed by atoms with E-state index in [1.54, 1.807) is 12.1 Å². The molecular weight excluding hydrogens is 271 g/mol. The lowest BCUT2D eigenvalue weighted by Gasteiger charge is -2.31. The number of carbonyl (C=O) groups is 1. The maximum absolute atomic E-state index is 12.1. The van der Waals surface area contributed by atoms with E-state index in [1.165, 1.54) is 0 Å². The van der Waals surface area contributed by atoms with Gasteiger partial charge in [-0.2, -0.15) is 0 Å². The Morgan fingerprint density at radius 1 is 1.39 bits per heavy atom. The Balaban J connectivity index is 2.08. The van der Waals surface area contributed by atoms with Crippen molar-refractivity contribution in [2.45, 2.75) is 13.8 Å². The first-order valence-electron chi connectivity index (χ1n) is 5.96. The molecule has 1 atom stereocenters. The summed E-state index contributed by atoms with van der Waals surface area (Å²) in [6.07, 6.45) is 0. The second kappa shape index (κ2) is 5.47. The van der Waals surface area contributed by atoms with Crippen LogP contribution in [0.25, 0.3) is 0 Å². The predicted molar refractivity (Wildman–Crippen MR) is 75.4 cm³/mol. The molecule has 1 aromatic rings. The zero-order valence-electron chi connectivity index (χ0n) is 10.4. The number of benzene rings is 1. The summed E-state index contributed by atoms with van der Waals surface area (Å²) in [5.41, 5.74) is 1.48. The Labute approximate surface area is 117 Å². The molecule has 0 bridgehead atoms. The molecule has 0 aromatic heterocycles. The summed E-state index contributed by atoms with van der Waals surface area (Å²) in [4.78, 5) is 12.1. The van der Waals surface area contributed by atoms with Gasteiger partial charge in [0.25, 0.3) is 0 Å². The Kier molecular flexibility index (Phi) is 4.15. The topological polar surface area (TPSA) is 41.1 Å². The highest BCUT2D eigenvalue weighted by atomic mass is 35.5. The standard InChI is InChI=1S/C13H16Cl2N2O/c1-7-3-11(15)12(4-10(7)14)17-13(18)8(2)9-5-16-6-9/h3-4,8-9,16H,5-6H2,1-2H3,(H,17,18). The maximum Gasteiger partial charge on any atom is 0.227 e. The van der Waals surface area contributed by atoms with Crippen molar-refractivity contribution >= 4 is 34.8 Å². The van der Waals surface area contributed by atoms with Gasteiger partial charge < -0.3 is 10.6 Å². The lowest BCUT2D eigenvalue weighted by molar-refractivity contribution is -0.121. The third-order valence-corrected chi connectivity index (χ3v) is 4.16. The fourth-order valence-corrected chi connectivity index (χ4v) is 2.30. The van der Waals surface area contributed by atoms with Gasteiger partial charge in [0.15, 0.2) is 0 Å². The number of anilines is 1. The highest BCUT2D eigenvalue weighted by molar-refractivity contribution is 6.36. The minimum absolute atomic E-state index is 0.0108. The van der Waals surface area contributed by atoms with Gasteiger partial charge in [-0.1, -0.05) is 30.1 Å². The van der Waals surface area contributed by atoms with E-state index in [4.69, 9.17) is 23.2 Å². The number of rotatable bonds is 3. The zero-order chi connectivity index (χ0) is 13.3. The van der Waals surface area contributed by atoms with Crippen molar-refractivity contribution in [3.63, 3.8) is 0 Å². The fraction of sp³-hybridized carbons (Fsp3) is 0.462. The van der Waals surface area contributed by atoms with Crippen molar-refractivity contribution in [1.29, 1.82) is 0 Å². The van der Waals surface area contributed by atoms with Gasteiger partial charge in [0, 0.05) is 10.9 Å². The van der Waals surface area contributed by atoms with Crippen molar-refractivity contribution in [2.24, 2.45) is 11.8 Å². The smallest absolute Gasteiger partial charge is 0.227 e.